The lowest BCUT2D eigenvalue weighted by Gasteiger charge is -2.34. The minimum Gasteiger partial charge on any atom is -0.467 e. The molecule has 1 aromatic heterocycles. The van der Waals surface area contributed by atoms with Crippen molar-refractivity contribution in [2.75, 3.05) is 20.2 Å². The quantitative estimate of drug-likeness (QED) is 0.504. The highest BCUT2D eigenvalue weighted by atomic mass is 35.5. The van der Waals surface area contributed by atoms with Crippen LogP contribution in [0.1, 0.15) is 51.4 Å². The fourth-order valence-corrected chi connectivity index (χ4v) is 7.29. The molecule has 6 rings (SSSR count). The number of benzene rings is 1. The summed E-state index contributed by atoms with van der Waals surface area (Å²) in [6.07, 6.45) is 5.46. The van der Waals surface area contributed by atoms with E-state index >= 15 is 0 Å². The summed E-state index contributed by atoms with van der Waals surface area (Å²) >= 11 is 6.18. The Morgan fingerprint density at radius 1 is 1.07 bits per heavy atom. The van der Waals surface area contributed by atoms with E-state index < -0.39 is 30.1 Å². The van der Waals surface area contributed by atoms with Crippen LogP contribution in [0.4, 0.5) is 4.79 Å². The van der Waals surface area contributed by atoms with E-state index in [0.717, 1.165) is 44.9 Å². The van der Waals surface area contributed by atoms with Crippen LogP contribution < -0.4 is 15.6 Å². The summed E-state index contributed by atoms with van der Waals surface area (Å²) in [5.74, 6) is 0.416. The molecule has 3 fully saturated rings. The summed E-state index contributed by atoms with van der Waals surface area (Å²) in [6, 6.07) is 4.17. The summed E-state index contributed by atoms with van der Waals surface area (Å²) in [4.78, 5) is 58.1. The van der Waals surface area contributed by atoms with Gasteiger partial charge < -0.3 is 24.4 Å². The molecule has 0 spiro atoms. The SMILES string of the molecule is COC(=O)[C@@H]1C[C@@H]2CN1C(=O)CNC(=O)O[C@@H]1C[C@@H]3CC[C@@H]3[C@H]1CCCCCn1c(nc3cc(Cl)ccc3c1=O)O2. The molecule has 4 aliphatic rings. The van der Waals surface area contributed by atoms with Gasteiger partial charge in [0.2, 0.25) is 5.91 Å². The van der Waals surface area contributed by atoms with Crippen LogP contribution in [0.15, 0.2) is 23.0 Å². The van der Waals surface area contributed by atoms with Crippen LogP contribution in [0.5, 0.6) is 6.01 Å². The van der Waals surface area contributed by atoms with Gasteiger partial charge in [-0.25, -0.2) is 9.59 Å². The summed E-state index contributed by atoms with van der Waals surface area (Å²) in [6.45, 7) is 0.155. The Morgan fingerprint density at radius 3 is 2.71 bits per heavy atom. The van der Waals surface area contributed by atoms with Crippen LogP contribution in [0.3, 0.4) is 0 Å². The maximum atomic E-state index is 13.6. The van der Waals surface area contributed by atoms with Crippen molar-refractivity contribution in [2.45, 2.75) is 76.2 Å². The van der Waals surface area contributed by atoms with E-state index in [2.05, 4.69) is 10.3 Å². The van der Waals surface area contributed by atoms with Crippen molar-refractivity contribution < 1.29 is 28.6 Å². The number of halogens is 1. The number of hydrogen-bond acceptors (Lipinski definition) is 8. The van der Waals surface area contributed by atoms with Crippen LogP contribution in [-0.4, -0.2) is 70.9 Å². The van der Waals surface area contributed by atoms with E-state index in [0.29, 0.717) is 40.2 Å². The second-order valence-corrected chi connectivity index (χ2v) is 12.1. The van der Waals surface area contributed by atoms with Crippen molar-refractivity contribution in [3.63, 3.8) is 0 Å². The Kier molecular flexibility index (Phi) is 7.80. The highest BCUT2D eigenvalue weighted by Gasteiger charge is 2.49. The molecule has 1 saturated heterocycles. The highest BCUT2D eigenvalue weighted by Crippen LogP contribution is 2.53. The van der Waals surface area contributed by atoms with Crippen molar-refractivity contribution in [1.82, 2.24) is 19.8 Å². The zero-order chi connectivity index (χ0) is 28.7. The molecule has 2 amide bonds. The van der Waals surface area contributed by atoms with Gasteiger partial charge in [-0.05, 0) is 68.1 Å². The van der Waals surface area contributed by atoms with Gasteiger partial charge in [0.15, 0.2) is 0 Å². The fraction of sp³-hybridized carbons (Fsp3) is 0.621. The Hall–Kier alpha value is -3.34. The summed E-state index contributed by atoms with van der Waals surface area (Å²) in [5.41, 5.74) is 0.187. The van der Waals surface area contributed by atoms with Gasteiger partial charge in [-0.2, -0.15) is 4.98 Å². The number of carbonyl (C=O) groups is 3. The molecule has 0 unspecified atom stereocenters. The smallest absolute Gasteiger partial charge is 0.407 e. The molecule has 2 aromatic rings. The van der Waals surface area contributed by atoms with E-state index in [1.807, 2.05) is 0 Å². The molecule has 1 N–H and O–H groups in total. The zero-order valence-corrected chi connectivity index (χ0v) is 23.8. The van der Waals surface area contributed by atoms with E-state index in [1.165, 1.54) is 12.0 Å². The van der Waals surface area contributed by atoms with Gasteiger partial charge >= 0.3 is 12.1 Å². The summed E-state index contributed by atoms with van der Waals surface area (Å²) < 4.78 is 18.6. The van der Waals surface area contributed by atoms with Crippen LogP contribution in [0, 0.1) is 17.8 Å². The number of fused-ring (bicyclic) bond motifs is 7. The second kappa shape index (κ2) is 11.5. The first-order chi connectivity index (χ1) is 19.8. The van der Waals surface area contributed by atoms with Gasteiger partial charge in [-0.15, -0.1) is 0 Å². The third kappa shape index (κ3) is 5.48. The van der Waals surface area contributed by atoms with Gasteiger partial charge in [0.1, 0.15) is 24.8 Å². The number of esters is 1. The molecule has 6 atom stereocenters. The number of ether oxygens (including phenoxy) is 3. The number of aromatic nitrogens is 2. The van der Waals surface area contributed by atoms with Crippen molar-refractivity contribution in [2.24, 2.45) is 17.8 Å². The van der Waals surface area contributed by atoms with Gasteiger partial charge in [0, 0.05) is 18.0 Å². The van der Waals surface area contributed by atoms with E-state index in [1.54, 1.807) is 22.8 Å². The van der Waals surface area contributed by atoms with E-state index in [9.17, 15) is 19.2 Å². The molecule has 220 valence electrons. The highest BCUT2D eigenvalue weighted by molar-refractivity contribution is 6.31. The molecule has 2 saturated carbocycles. The first-order valence-electron chi connectivity index (χ1n) is 14.5. The van der Waals surface area contributed by atoms with E-state index in [-0.39, 0.29) is 37.2 Å². The van der Waals surface area contributed by atoms with Crippen LogP contribution in [-0.2, 0) is 25.6 Å². The average Bonchev–Trinajstić information content (AvgIpc) is 3.45. The third-order valence-electron chi connectivity index (χ3n) is 9.31. The van der Waals surface area contributed by atoms with Gasteiger partial charge in [0.25, 0.3) is 11.6 Å². The number of carbonyl (C=O) groups excluding carboxylic acids is 3. The predicted molar refractivity (Wildman–Crippen MR) is 149 cm³/mol. The molecule has 41 heavy (non-hydrogen) atoms. The standard InChI is InChI=1S/C29H35ClN4O7/c1-39-27(37)23-13-18-15-34(23)25(35)14-31-29(38)41-24-11-16-6-8-19(16)20(24)5-3-2-4-10-33-26(36)21-9-7-17(30)12-22(21)32-28(33)40-18/h7,9,12,16,18-20,23-24H,2-6,8,10-11,13-15H2,1H3,(H,31,38)/t16-,18+,19-,20+,23-,24+/m0/s1. The Bertz CT molecular complexity index is 1410. The zero-order valence-electron chi connectivity index (χ0n) is 23.1. The van der Waals surface area contributed by atoms with E-state index in [4.69, 9.17) is 25.8 Å². The van der Waals surface area contributed by atoms with Gasteiger partial charge in [0.05, 0.1) is 24.6 Å². The maximum Gasteiger partial charge on any atom is 0.407 e. The summed E-state index contributed by atoms with van der Waals surface area (Å²) in [5, 5.41) is 3.48. The normalized spacial score (nSPS) is 30.4. The molecule has 2 bridgehead atoms. The third-order valence-corrected chi connectivity index (χ3v) is 9.55. The topological polar surface area (TPSA) is 129 Å². The minimum absolute atomic E-state index is 0.0623. The van der Waals surface area contributed by atoms with Crippen molar-refractivity contribution in [3.8, 4) is 6.01 Å². The summed E-state index contributed by atoms with van der Waals surface area (Å²) in [7, 11) is 1.26. The lowest BCUT2D eigenvalue weighted by molar-refractivity contribution is -0.150. The monoisotopic (exact) mass is 586 g/mol. The molecule has 2 aliphatic heterocycles. The van der Waals surface area contributed by atoms with Crippen molar-refractivity contribution >= 4 is 40.5 Å². The molecule has 1 aromatic carbocycles. The minimum atomic E-state index is -0.901. The molecule has 0 radical (unpaired) electrons. The number of alkyl carbamates (subject to hydrolysis) is 1. The first-order valence-corrected chi connectivity index (χ1v) is 14.9. The largest absolute Gasteiger partial charge is 0.467 e. The Balaban J connectivity index is 1.31. The van der Waals surface area contributed by atoms with Crippen LogP contribution in [0.2, 0.25) is 5.02 Å². The number of rotatable bonds is 1. The molecular formula is C29H35ClN4O7. The fourth-order valence-electron chi connectivity index (χ4n) is 7.12. The molecule has 12 heteroatoms. The molecule has 2 aliphatic carbocycles. The number of methoxy groups -OCH3 is 1. The first kappa shape index (κ1) is 27.8. The second-order valence-electron chi connectivity index (χ2n) is 11.6. The van der Waals surface area contributed by atoms with Crippen molar-refractivity contribution in [3.05, 3.63) is 33.6 Å². The lowest BCUT2D eigenvalue weighted by Crippen LogP contribution is -2.46. The number of amides is 2. The molecular weight excluding hydrogens is 552 g/mol. The van der Waals surface area contributed by atoms with Crippen molar-refractivity contribution in [1.29, 1.82) is 0 Å². The number of nitrogens with one attached hydrogen (secondary N) is 1. The van der Waals surface area contributed by atoms with Gasteiger partial charge in [-0.1, -0.05) is 24.4 Å². The Morgan fingerprint density at radius 2 is 1.93 bits per heavy atom. The maximum absolute atomic E-state index is 13.6. The molecule has 11 nitrogen and oxygen atoms in total. The van der Waals surface area contributed by atoms with Crippen LogP contribution >= 0.6 is 11.6 Å². The van der Waals surface area contributed by atoms with Gasteiger partial charge in [-0.3, -0.25) is 14.2 Å². The number of hydrogen-bond donors (Lipinski definition) is 1. The molecule has 3 heterocycles. The van der Waals surface area contributed by atoms with Crippen LogP contribution in [0.25, 0.3) is 10.9 Å². The predicted octanol–water partition coefficient (Wildman–Crippen LogP) is 3.29. The average molecular weight is 587 g/mol. The Labute approximate surface area is 242 Å². The number of nitrogens with zero attached hydrogens (tertiary/aromatic N) is 3. The lowest BCUT2D eigenvalue weighted by atomic mass is 9.71.